The van der Waals surface area contributed by atoms with Gasteiger partial charge in [-0.25, -0.2) is 0 Å². The van der Waals surface area contributed by atoms with Crippen molar-refractivity contribution in [1.82, 2.24) is 4.98 Å². The Balaban J connectivity index is 2.61. The van der Waals surface area contributed by atoms with E-state index < -0.39 is 5.91 Å². The van der Waals surface area contributed by atoms with Crippen LogP contribution in [-0.4, -0.2) is 10.9 Å². The van der Waals surface area contributed by atoms with Gasteiger partial charge < -0.3 is 5.73 Å². The standard InChI is InChI=1S/C13H12N2O/c1-9-7-11(13(14)16)12(15-8-9)10-5-3-2-4-6-10/h2-8H,1H3,(H2,14,16). The van der Waals surface area contributed by atoms with Crippen LogP contribution in [0.3, 0.4) is 0 Å². The van der Waals surface area contributed by atoms with Crippen molar-refractivity contribution < 1.29 is 4.79 Å². The number of hydrogen-bond acceptors (Lipinski definition) is 2. The summed E-state index contributed by atoms with van der Waals surface area (Å²) in [5.41, 5.74) is 8.27. The first-order chi connectivity index (χ1) is 7.68. The lowest BCUT2D eigenvalue weighted by Gasteiger charge is -2.06. The number of rotatable bonds is 2. The zero-order valence-corrected chi connectivity index (χ0v) is 8.97. The predicted molar refractivity (Wildman–Crippen MR) is 62.9 cm³/mol. The van der Waals surface area contributed by atoms with E-state index >= 15 is 0 Å². The number of pyridine rings is 1. The Hall–Kier alpha value is -2.16. The summed E-state index contributed by atoms with van der Waals surface area (Å²) in [4.78, 5) is 15.6. The normalized spacial score (nSPS) is 10.1. The van der Waals surface area contributed by atoms with Gasteiger partial charge in [0.05, 0.1) is 11.3 Å². The lowest BCUT2D eigenvalue weighted by atomic mass is 10.0. The Morgan fingerprint density at radius 3 is 2.56 bits per heavy atom. The second kappa shape index (κ2) is 4.14. The average molecular weight is 212 g/mol. The maximum Gasteiger partial charge on any atom is 0.250 e. The molecule has 3 heteroatoms. The second-order valence-corrected chi connectivity index (χ2v) is 3.64. The van der Waals surface area contributed by atoms with Gasteiger partial charge in [0.2, 0.25) is 0 Å². The fraction of sp³-hybridized carbons (Fsp3) is 0.0769. The first kappa shape index (κ1) is 10.4. The highest BCUT2D eigenvalue weighted by Gasteiger charge is 2.11. The summed E-state index contributed by atoms with van der Waals surface area (Å²) < 4.78 is 0. The second-order valence-electron chi connectivity index (χ2n) is 3.64. The highest BCUT2D eigenvalue weighted by molar-refractivity contribution is 5.98. The summed E-state index contributed by atoms with van der Waals surface area (Å²) in [6, 6.07) is 11.3. The van der Waals surface area contributed by atoms with Gasteiger partial charge in [0.25, 0.3) is 5.91 Å². The van der Waals surface area contributed by atoms with Crippen molar-refractivity contribution in [1.29, 1.82) is 0 Å². The van der Waals surface area contributed by atoms with Crippen LogP contribution in [-0.2, 0) is 0 Å². The molecule has 1 aromatic heterocycles. The number of aryl methyl sites for hydroxylation is 1. The Morgan fingerprint density at radius 2 is 1.94 bits per heavy atom. The third-order valence-electron chi connectivity index (χ3n) is 2.34. The van der Waals surface area contributed by atoms with Crippen LogP contribution in [0.15, 0.2) is 42.6 Å². The van der Waals surface area contributed by atoms with E-state index in [0.717, 1.165) is 11.1 Å². The topological polar surface area (TPSA) is 56.0 Å². The molecule has 0 aliphatic rings. The van der Waals surface area contributed by atoms with Crippen molar-refractivity contribution in [3.8, 4) is 11.3 Å². The van der Waals surface area contributed by atoms with Gasteiger partial charge in [0, 0.05) is 11.8 Å². The first-order valence-electron chi connectivity index (χ1n) is 5.00. The summed E-state index contributed by atoms with van der Waals surface area (Å²) in [5, 5.41) is 0. The summed E-state index contributed by atoms with van der Waals surface area (Å²) in [6.45, 7) is 1.88. The van der Waals surface area contributed by atoms with Crippen LogP contribution in [0.1, 0.15) is 15.9 Å². The van der Waals surface area contributed by atoms with Gasteiger partial charge in [-0.2, -0.15) is 0 Å². The highest BCUT2D eigenvalue weighted by Crippen LogP contribution is 2.21. The molecule has 0 radical (unpaired) electrons. The summed E-state index contributed by atoms with van der Waals surface area (Å²) >= 11 is 0. The quantitative estimate of drug-likeness (QED) is 0.829. The molecule has 1 heterocycles. The molecular weight excluding hydrogens is 200 g/mol. The van der Waals surface area contributed by atoms with E-state index in [4.69, 9.17) is 5.73 Å². The molecule has 1 aromatic carbocycles. The van der Waals surface area contributed by atoms with E-state index in [1.807, 2.05) is 37.3 Å². The number of hydrogen-bond donors (Lipinski definition) is 1. The first-order valence-corrected chi connectivity index (χ1v) is 5.00. The Morgan fingerprint density at radius 1 is 1.25 bits per heavy atom. The monoisotopic (exact) mass is 212 g/mol. The van der Waals surface area contributed by atoms with Crippen LogP contribution in [0, 0.1) is 6.92 Å². The minimum Gasteiger partial charge on any atom is -0.366 e. The number of nitrogens with two attached hydrogens (primary N) is 1. The number of amides is 1. The van der Waals surface area contributed by atoms with Crippen molar-refractivity contribution in [3.05, 3.63) is 53.7 Å². The molecule has 0 atom stereocenters. The molecule has 0 bridgehead atoms. The third-order valence-corrected chi connectivity index (χ3v) is 2.34. The van der Waals surface area contributed by atoms with Crippen LogP contribution in [0.4, 0.5) is 0 Å². The maximum atomic E-state index is 11.3. The molecule has 80 valence electrons. The van der Waals surface area contributed by atoms with Crippen LogP contribution in [0.25, 0.3) is 11.3 Å². The molecule has 1 amide bonds. The number of primary amides is 1. The number of nitrogens with zero attached hydrogens (tertiary/aromatic N) is 1. The zero-order chi connectivity index (χ0) is 11.5. The van der Waals surface area contributed by atoms with E-state index in [-0.39, 0.29) is 0 Å². The SMILES string of the molecule is Cc1cnc(-c2ccccc2)c(C(N)=O)c1. The van der Waals surface area contributed by atoms with E-state index in [1.54, 1.807) is 12.3 Å². The van der Waals surface area contributed by atoms with Gasteiger partial charge in [-0.05, 0) is 18.6 Å². The smallest absolute Gasteiger partial charge is 0.250 e. The minimum absolute atomic E-state index is 0.449. The molecule has 0 spiro atoms. The molecule has 2 rings (SSSR count). The van der Waals surface area contributed by atoms with Gasteiger partial charge in [-0.3, -0.25) is 9.78 Å². The van der Waals surface area contributed by atoms with Gasteiger partial charge in [0.1, 0.15) is 0 Å². The van der Waals surface area contributed by atoms with Crippen molar-refractivity contribution in [2.24, 2.45) is 5.73 Å². The summed E-state index contributed by atoms with van der Waals surface area (Å²) in [5.74, 6) is -0.449. The van der Waals surface area contributed by atoms with Crippen molar-refractivity contribution >= 4 is 5.91 Å². The molecule has 0 aliphatic carbocycles. The average Bonchev–Trinajstić information content (AvgIpc) is 2.30. The molecule has 0 saturated carbocycles. The molecule has 0 fully saturated rings. The number of benzene rings is 1. The van der Waals surface area contributed by atoms with Gasteiger partial charge in [0.15, 0.2) is 0 Å². The maximum absolute atomic E-state index is 11.3. The van der Waals surface area contributed by atoms with Crippen LogP contribution in [0.2, 0.25) is 0 Å². The van der Waals surface area contributed by atoms with Crippen LogP contribution in [0.5, 0.6) is 0 Å². The fourth-order valence-electron chi connectivity index (χ4n) is 1.58. The largest absolute Gasteiger partial charge is 0.366 e. The lowest BCUT2D eigenvalue weighted by Crippen LogP contribution is -2.13. The van der Waals surface area contributed by atoms with Gasteiger partial charge >= 0.3 is 0 Å². The van der Waals surface area contributed by atoms with Crippen molar-refractivity contribution in [2.45, 2.75) is 6.92 Å². The molecule has 0 saturated heterocycles. The van der Waals surface area contributed by atoms with Crippen LogP contribution < -0.4 is 5.73 Å². The Bertz CT molecular complexity index is 521. The number of carbonyl (C=O) groups excluding carboxylic acids is 1. The molecule has 3 nitrogen and oxygen atoms in total. The molecule has 2 aromatic rings. The highest BCUT2D eigenvalue weighted by atomic mass is 16.1. The molecular formula is C13H12N2O. The van der Waals surface area contributed by atoms with E-state index in [9.17, 15) is 4.79 Å². The van der Waals surface area contributed by atoms with Gasteiger partial charge in [-0.1, -0.05) is 30.3 Å². The summed E-state index contributed by atoms with van der Waals surface area (Å²) in [7, 11) is 0. The lowest BCUT2D eigenvalue weighted by molar-refractivity contribution is 0.100. The van der Waals surface area contributed by atoms with Gasteiger partial charge in [-0.15, -0.1) is 0 Å². The van der Waals surface area contributed by atoms with Crippen LogP contribution >= 0.6 is 0 Å². The number of aromatic nitrogens is 1. The number of carbonyl (C=O) groups is 1. The van der Waals surface area contributed by atoms with E-state index in [1.165, 1.54) is 0 Å². The predicted octanol–water partition coefficient (Wildman–Crippen LogP) is 2.16. The molecule has 2 N–H and O–H groups in total. The zero-order valence-electron chi connectivity index (χ0n) is 8.97. The minimum atomic E-state index is -0.449. The third kappa shape index (κ3) is 1.93. The van der Waals surface area contributed by atoms with Crippen molar-refractivity contribution in [3.63, 3.8) is 0 Å². The Kier molecular flexibility index (Phi) is 2.68. The summed E-state index contributed by atoms with van der Waals surface area (Å²) in [6.07, 6.45) is 1.73. The van der Waals surface area contributed by atoms with E-state index in [2.05, 4.69) is 4.98 Å². The van der Waals surface area contributed by atoms with E-state index in [0.29, 0.717) is 11.3 Å². The fourth-order valence-corrected chi connectivity index (χ4v) is 1.58. The molecule has 16 heavy (non-hydrogen) atoms. The Labute approximate surface area is 93.9 Å². The molecule has 0 aliphatic heterocycles. The van der Waals surface area contributed by atoms with Crippen molar-refractivity contribution in [2.75, 3.05) is 0 Å². The molecule has 0 unspecified atom stereocenters.